The van der Waals surface area contributed by atoms with Crippen LogP contribution in [0.3, 0.4) is 0 Å². The minimum absolute atomic E-state index is 0.0938. The fourth-order valence-corrected chi connectivity index (χ4v) is 4.38. The Kier molecular flexibility index (Phi) is 6.77. The molecule has 1 saturated heterocycles. The number of carbonyl (C=O) groups excluding carboxylic acids is 1. The quantitative estimate of drug-likeness (QED) is 0.567. The third-order valence-corrected chi connectivity index (χ3v) is 6.12. The molecule has 3 aromatic rings. The molecule has 34 heavy (non-hydrogen) atoms. The summed E-state index contributed by atoms with van der Waals surface area (Å²) in [6.07, 6.45) is 3.11. The number of carbonyl (C=O) groups is 1. The van der Waals surface area contributed by atoms with E-state index >= 15 is 0 Å². The Balaban J connectivity index is 1.59. The largest absolute Gasteiger partial charge is 0.474 e. The van der Waals surface area contributed by atoms with Gasteiger partial charge >= 0.3 is 0 Å². The highest BCUT2D eigenvalue weighted by Crippen LogP contribution is 2.37. The summed E-state index contributed by atoms with van der Waals surface area (Å²) in [5.74, 6) is -2.07. The van der Waals surface area contributed by atoms with Crippen LogP contribution in [0.4, 0.5) is 8.78 Å². The van der Waals surface area contributed by atoms with Gasteiger partial charge in [0.1, 0.15) is 12.2 Å². The normalized spacial score (nSPS) is 18.7. The third kappa shape index (κ3) is 5.01. The van der Waals surface area contributed by atoms with E-state index in [0.717, 1.165) is 6.07 Å². The molecule has 0 N–H and O–H groups in total. The van der Waals surface area contributed by atoms with Crippen LogP contribution in [-0.2, 0) is 0 Å². The number of aryl methyl sites for hydroxylation is 1. The van der Waals surface area contributed by atoms with Gasteiger partial charge in [-0.3, -0.25) is 4.79 Å². The van der Waals surface area contributed by atoms with Gasteiger partial charge in [0.2, 0.25) is 5.88 Å². The molecule has 4 rings (SSSR count). The molecule has 0 aliphatic carbocycles. The average molecular weight is 463 g/mol. The van der Waals surface area contributed by atoms with Gasteiger partial charge in [-0.2, -0.15) is 15.5 Å². The van der Waals surface area contributed by atoms with Gasteiger partial charge in [0.25, 0.3) is 5.91 Å². The van der Waals surface area contributed by atoms with Crippen LogP contribution >= 0.6 is 0 Å². The van der Waals surface area contributed by atoms with Crippen LogP contribution in [-0.4, -0.2) is 45.2 Å². The first-order chi connectivity index (χ1) is 16.4. The highest BCUT2D eigenvalue weighted by Gasteiger charge is 2.37. The molecule has 0 spiro atoms. The van der Waals surface area contributed by atoms with Crippen LogP contribution in [0.15, 0.2) is 48.8 Å². The van der Waals surface area contributed by atoms with E-state index in [1.807, 2.05) is 13.0 Å². The Bertz CT molecular complexity index is 1230. The van der Waals surface area contributed by atoms with Crippen molar-refractivity contribution in [2.24, 2.45) is 5.92 Å². The Hall–Kier alpha value is -3.93. The lowest BCUT2D eigenvalue weighted by atomic mass is 9.77. The number of benzene rings is 1. The third-order valence-electron chi connectivity index (χ3n) is 6.12. The van der Waals surface area contributed by atoms with E-state index in [1.54, 1.807) is 36.1 Å². The molecule has 2 aromatic heterocycles. The first-order valence-electron chi connectivity index (χ1n) is 10.9. The highest BCUT2D eigenvalue weighted by atomic mass is 19.2. The summed E-state index contributed by atoms with van der Waals surface area (Å²) in [6.45, 7) is 4.44. The molecular formula is C25H23F2N5O2. The first kappa shape index (κ1) is 23.2. The first-order valence-corrected chi connectivity index (χ1v) is 10.9. The second-order valence-electron chi connectivity index (χ2n) is 8.39. The predicted molar refractivity (Wildman–Crippen MR) is 119 cm³/mol. The van der Waals surface area contributed by atoms with Crippen molar-refractivity contribution in [2.45, 2.75) is 32.3 Å². The number of nitriles is 1. The van der Waals surface area contributed by atoms with Gasteiger partial charge in [-0.05, 0) is 50.1 Å². The van der Waals surface area contributed by atoms with Gasteiger partial charge in [0.15, 0.2) is 11.6 Å². The number of likely N-dealkylation sites (tertiary alicyclic amines) is 1. The van der Waals surface area contributed by atoms with E-state index in [1.165, 1.54) is 18.5 Å². The zero-order valence-corrected chi connectivity index (χ0v) is 18.8. The summed E-state index contributed by atoms with van der Waals surface area (Å²) in [5, 5.41) is 16.7. The number of pyridine rings is 1. The molecule has 3 unspecified atom stereocenters. The van der Waals surface area contributed by atoms with Gasteiger partial charge < -0.3 is 9.64 Å². The monoisotopic (exact) mass is 463 g/mol. The maximum atomic E-state index is 14.1. The summed E-state index contributed by atoms with van der Waals surface area (Å²) in [4.78, 5) is 19.0. The van der Waals surface area contributed by atoms with Gasteiger partial charge in [-0.1, -0.05) is 6.07 Å². The molecule has 1 amide bonds. The molecule has 3 atom stereocenters. The minimum atomic E-state index is -0.934. The standard InChI is InChI=1S/C25H23F2N5O2/c1-15-9-19(13-30-31-15)25(33)32-8-7-20(16(2)34-24-6-3-17(11-28)12-29-24)21(14-32)18-4-5-22(26)23(27)10-18/h3-6,9-10,12-13,16,20-21H,7-8,14H2,1-2H3. The topological polar surface area (TPSA) is 92.0 Å². The van der Waals surface area contributed by atoms with Crippen LogP contribution < -0.4 is 4.74 Å². The van der Waals surface area contributed by atoms with E-state index in [-0.39, 0.29) is 23.8 Å². The Morgan fingerprint density at radius 2 is 2.03 bits per heavy atom. The van der Waals surface area contributed by atoms with Gasteiger partial charge in [0.05, 0.1) is 23.0 Å². The number of hydrogen-bond acceptors (Lipinski definition) is 6. The van der Waals surface area contributed by atoms with E-state index in [0.29, 0.717) is 47.8 Å². The SMILES string of the molecule is Cc1cc(C(=O)N2CCC(C(C)Oc3ccc(C#N)cn3)C(c3ccc(F)c(F)c3)C2)cnn1. The number of amides is 1. The summed E-state index contributed by atoms with van der Waals surface area (Å²) in [5.41, 5.74) is 2.08. The van der Waals surface area contributed by atoms with Crippen LogP contribution in [0, 0.1) is 35.8 Å². The molecule has 1 aliphatic heterocycles. The minimum Gasteiger partial charge on any atom is -0.474 e. The highest BCUT2D eigenvalue weighted by molar-refractivity contribution is 5.94. The molecule has 1 fully saturated rings. The number of aromatic nitrogens is 3. The molecule has 7 nitrogen and oxygen atoms in total. The van der Waals surface area contributed by atoms with Crippen LogP contribution in [0.1, 0.15) is 46.4 Å². The number of ether oxygens (including phenoxy) is 1. The zero-order valence-electron chi connectivity index (χ0n) is 18.8. The average Bonchev–Trinajstić information content (AvgIpc) is 2.85. The van der Waals surface area contributed by atoms with Crippen molar-refractivity contribution in [3.63, 3.8) is 0 Å². The lowest BCUT2D eigenvalue weighted by Crippen LogP contribution is -2.46. The van der Waals surface area contributed by atoms with E-state index in [2.05, 4.69) is 15.2 Å². The maximum absolute atomic E-state index is 14.1. The smallest absolute Gasteiger partial charge is 0.255 e. The number of hydrogen-bond donors (Lipinski definition) is 0. The summed E-state index contributed by atoms with van der Waals surface area (Å²) in [6, 6.07) is 10.8. The fourth-order valence-electron chi connectivity index (χ4n) is 4.38. The summed E-state index contributed by atoms with van der Waals surface area (Å²) < 4.78 is 33.8. The van der Waals surface area contributed by atoms with Crippen molar-refractivity contribution >= 4 is 5.91 Å². The molecule has 3 heterocycles. The fraction of sp³-hybridized carbons (Fsp3) is 0.320. The van der Waals surface area contributed by atoms with E-state index < -0.39 is 11.6 Å². The van der Waals surface area contributed by atoms with Crippen LogP contribution in [0.2, 0.25) is 0 Å². The Labute approximate surface area is 196 Å². The van der Waals surface area contributed by atoms with Crippen molar-refractivity contribution in [1.82, 2.24) is 20.1 Å². The number of nitrogens with zero attached hydrogens (tertiary/aromatic N) is 5. The second-order valence-corrected chi connectivity index (χ2v) is 8.39. The van der Waals surface area contributed by atoms with Crippen molar-refractivity contribution in [3.8, 4) is 11.9 Å². The summed E-state index contributed by atoms with van der Waals surface area (Å²) >= 11 is 0. The van der Waals surface area contributed by atoms with Gasteiger partial charge in [0, 0.05) is 37.2 Å². The lowest BCUT2D eigenvalue weighted by molar-refractivity contribution is 0.0483. The van der Waals surface area contributed by atoms with Gasteiger partial charge in [-0.15, -0.1) is 0 Å². The lowest BCUT2D eigenvalue weighted by Gasteiger charge is -2.41. The van der Waals surface area contributed by atoms with Crippen LogP contribution in [0.5, 0.6) is 5.88 Å². The predicted octanol–water partition coefficient (Wildman–Crippen LogP) is 4.04. The summed E-state index contributed by atoms with van der Waals surface area (Å²) in [7, 11) is 0. The molecule has 1 aliphatic rings. The van der Waals surface area contributed by atoms with Crippen molar-refractivity contribution < 1.29 is 18.3 Å². The zero-order chi connectivity index (χ0) is 24.2. The van der Waals surface area contributed by atoms with Crippen molar-refractivity contribution in [2.75, 3.05) is 13.1 Å². The number of rotatable bonds is 5. The molecule has 0 saturated carbocycles. The van der Waals surface area contributed by atoms with Gasteiger partial charge in [-0.25, -0.2) is 13.8 Å². The van der Waals surface area contributed by atoms with Crippen molar-refractivity contribution in [3.05, 3.63) is 82.8 Å². The molecule has 1 aromatic carbocycles. The number of halogens is 2. The second kappa shape index (κ2) is 9.91. The van der Waals surface area contributed by atoms with E-state index in [4.69, 9.17) is 10.00 Å². The molecule has 0 radical (unpaired) electrons. The molecular weight excluding hydrogens is 440 g/mol. The molecule has 9 heteroatoms. The molecule has 174 valence electrons. The number of piperidine rings is 1. The molecule has 0 bridgehead atoms. The Morgan fingerprint density at radius 1 is 1.21 bits per heavy atom. The van der Waals surface area contributed by atoms with E-state index in [9.17, 15) is 13.6 Å². The maximum Gasteiger partial charge on any atom is 0.255 e. The van der Waals surface area contributed by atoms with Crippen molar-refractivity contribution in [1.29, 1.82) is 5.26 Å². The Morgan fingerprint density at radius 3 is 2.71 bits per heavy atom. The van der Waals surface area contributed by atoms with Crippen LogP contribution in [0.25, 0.3) is 0 Å².